The fraction of sp³-hybridized carbons (Fsp3) is 0.231. The van der Waals surface area contributed by atoms with E-state index in [0.29, 0.717) is 33.9 Å². The molecule has 34 heavy (non-hydrogen) atoms. The maximum Gasteiger partial charge on any atom is 0.222 e. The van der Waals surface area contributed by atoms with Crippen molar-refractivity contribution < 1.29 is 13.9 Å². The van der Waals surface area contributed by atoms with Crippen LogP contribution in [-0.4, -0.2) is 34.0 Å². The van der Waals surface area contributed by atoms with E-state index in [1.807, 2.05) is 30.3 Å². The first-order chi connectivity index (χ1) is 16.5. The zero-order valence-corrected chi connectivity index (χ0v) is 18.7. The minimum Gasteiger partial charge on any atom is -0.494 e. The summed E-state index contributed by atoms with van der Waals surface area (Å²) in [7, 11) is 1.57. The smallest absolute Gasteiger partial charge is 0.222 e. The highest BCUT2D eigenvalue weighted by Crippen LogP contribution is 2.37. The Bertz CT molecular complexity index is 1360. The van der Waals surface area contributed by atoms with Crippen LogP contribution < -0.4 is 15.8 Å². The Morgan fingerprint density at radius 3 is 2.68 bits per heavy atom. The molecule has 7 nitrogen and oxygen atoms in total. The second kappa shape index (κ2) is 9.05. The molecule has 1 aliphatic carbocycles. The molecule has 0 spiro atoms. The van der Waals surface area contributed by atoms with Gasteiger partial charge >= 0.3 is 0 Å². The number of aromatic nitrogens is 3. The largest absolute Gasteiger partial charge is 0.494 e. The van der Waals surface area contributed by atoms with E-state index in [4.69, 9.17) is 20.4 Å². The van der Waals surface area contributed by atoms with E-state index in [1.165, 1.54) is 12.1 Å². The molecule has 1 aliphatic rings. The second-order valence-electron chi connectivity index (χ2n) is 8.41. The number of nitrogens with zero attached hydrogens (tertiary/aromatic N) is 3. The molecule has 8 heteroatoms. The summed E-state index contributed by atoms with van der Waals surface area (Å²) in [6.07, 6.45) is 5.83. The van der Waals surface area contributed by atoms with Crippen molar-refractivity contribution in [2.45, 2.75) is 25.3 Å². The van der Waals surface area contributed by atoms with Gasteiger partial charge < -0.3 is 15.8 Å². The number of rotatable bonds is 6. The predicted molar refractivity (Wildman–Crippen MR) is 129 cm³/mol. The molecule has 0 radical (unpaired) electrons. The molecule has 2 aromatic heterocycles. The van der Waals surface area contributed by atoms with Gasteiger partial charge in [0.05, 0.1) is 13.0 Å². The maximum atomic E-state index is 13.9. The molecule has 2 unspecified atom stereocenters. The Labute approximate surface area is 196 Å². The monoisotopic (exact) mass is 457 g/mol. The van der Waals surface area contributed by atoms with Gasteiger partial charge in [-0.3, -0.25) is 9.78 Å². The number of primary amides is 1. The third kappa shape index (κ3) is 4.14. The SMILES string of the molecule is COc1cc(-c2cccc(F)c2)cc2c(NC3CCCC3C(N)=O)nc(-c3cccnc3)nc12. The van der Waals surface area contributed by atoms with Gasteiger partial charge in [0.2, 0.25) is 5.91 Å². The summed E-state index contributed by atoms with van der Waals surface area (Å²) >= 11 is 0. The molecule has 1 fully saturated rings. The van der Waals surface area contributed by atoms with E-state index in [1.54, 1.807) is 25.6 Å². The van der Waals surface area contributed by atoms with Crippen LogP contribution in [0.2, 0.25) is 0 Å². The Morgan fingerprint density at radius 1 is 1.09 bits per heavy atom. The molecule has 0 bridgehead atoms. The van der Waals surface area contributed by atoms with E-state index in [-0.39, 0.29) is 23.7 Å². The average molecular weight is 458 g/mol. The second-order valence-corrected chi connectivity index (χ2v) is 8.41. The van der Waals surface area contributed by atoms with E-state index < -0.39 is 0 Å². The van der Waals surface area contributed by atoms with E-state index in [2.05, 4.69) is 10.3 Å². The van der Waals surface area contributed by atoms with Crippen molar-refractivity contribution in [2.75, 3.05) is 12.4 Å². The highest BCUT2D eigenvalue weighted by molar-refractivity contribution is 5.98. The number of amides is 1. The normalized spacial score (nSPS) is 17.6. The highest BCUT2D eigenvalue weighted by Gasteiger charge is 2.32. The van der Waals surface area contributed by atoms with Gasteiger partial charge in [0.15, 0.2) is 5.82 Å². The van der Waals surface area contributed by atoms with E-state index >= 15 is 0 Å². The molecule has 2 aromatic carbocycles. The first-order valence-corrected chi connectivity index (χ1v) is 11.2. The first kappa shape index (κ1) is 21.8. The number of nitrogens with two attached hydrogens (primary N) is 1. The summed E-state index contributed by atoms with van der Waals surface area (Å²) in [5.41, 5.74) is 8.49. The van der Waals surface area contributed by atoms with Crippen LogP contribution in [0.3, 0.4) is 0 Å². The van der Waals surface area contributed by atoms with Gasteiger partial charge in [0.1, 0.15) is 22.9 Å². The van der Waals surface area contributed by atoms with Crippen LogP contribution in [0.1, 0.15) is 19.3 Å². The van der Waals surface area contributed by atoms with E-state index in [0.717, 1.165) is 30.4 Å². The lowest BCUT2D eigenvalue weighted by Gasteiger charge is -2.21. The number of fused-ring (bicyclic) bond motifs is 1. The summed E-state index contributed by atoms with van der Waals surface area (Å²) in [4.78, 5) is 25.8. The number of carbonyl (C=O) groups excluding carboxylic acids is 1. The fourth-order valence-corrected chi connectivity index (χ4v) is 4.57. The van der Waals surface area contributed by atoms with Gasteiger partial charge in [-0.15, -0.1) is 0 Å². The lowest BCUT2D eigenvalue weighted by molar-refractivity contribution is -0.121. The molecular formula is C26H24FN5O2. The van der Waals surface area contributed by atoms with Gasteiger partial charge in [0, 0.05) is 29.4 Å². The quantitative estimate of drug-likeness (QED) is 0.440. The van der Waals surface area contributed by atoms with Gasteiger partial charge in [-0.1, -0.05) is 18.6 Å². The molecule has 3 N–H and O–H groups in total. The van der Waals surface area contributed by atoms with E-state index in [9.17, 15) is 9.18 Å². The Kier molecular flexibility index (Phi) is 5.79. The zero-order valence-electron chi connectivity index (χ0n) is 18.7. The van der Waals surface area contributed by atoms with Crippen molar-refractivity contribution in [3.63, 3.8) is 0 Å². The molecule has 0 saturated heterocycles. The molecule has 1 amide bonds. The van der Waals surface area contributed by atoms with Crippen LogP contribution in [0, 0.1) is 11.7 Å². The first-order valence-electron chi connectivity index (χ1n) is 11.2. The minimum atomic E-state index is -0.326. The van der Waals surface area contributed by atoms with Gasteiger partial charge in [-0.25, -0.2) is 14.4 Å². The molecule has 2 atom stereocenters. The van der Waals surface area contributed by atoms with Crippen molar-refractivity contribution in [3.05, 3.63) is 66.7 Å². The van der Waals surface area contributed by atoms with Crippen molar-refractivity contribution >= 4 is 22.6 Å². The maximum absolute atomic E-state index is 13.9. The van der Waals surface area contributed by atoms with Gasteiger partial charge in [-0.05, 0) is 60.4 Å². The Morgan fingerprint density at radius 2 is 1.94 bits per heavy atom. The van der Waals surface area contributed by atoms with Crippen molar-refractivity contribution in [3.8, 4) is 28.3 Å². The van der Waals surface area contributed by atoms with Crippen LogP contribution in [0.25, 0.3) is 33.4 Å². The van der Waals surface area contributed by atoms with Crippen molar-refractivity contribution in [1.29, 1.82) is 0 Å². The van der Waals surface area contributed by atoms with Crippen LogP contribution in [0.5, 0.6) is 5.75 Å². The predicted octanol–water partition coefficient (Wildman–Crippen LogP) is 4.57. The number of carbonyl (C=O) groups is 1. The zero-order chi connectivity index (χ0) is 23.7. The number of methoxy groups -OCH3 is 1. The van der Waals surface area contributed by atoms with Crippen LogP contribution >= 0.6 is 0 Å². The molecule has 1 saturated carbocycles. The standard InChI is InChI=1S/C26H24FN5O2/c1-34-22-13-17(15-5-2-7-18(27)11-15)12-20-23(22)31-25(16-6-4-10-29-14-16)32-26(20)30-21-9-3-8-19(21)24(28)33/h2,4-7,10-14,19,21H,3,8-9H2,1H3,(H2,28,33)(H,30,31,32). The number of pyridine rings is 1. The molecule has 5 rings (SSSR count). The Balaban J connectivity index is 1.71. The summed E-state index contributed by atoms with van der Waals surface area (Å²) in [5, 5.41) is 4.17. The molecule has 4 aromatic rings. The van der Waals surface area contributed by atoms with Gasteiger partial charge in [0.25, 0.3) is 0 Å². The Hall–Kier alpha value is -4.07. The molecular weight excluding hydrogens is 433 g/mol. The highest BCUT2D eigenvalue weighted by atomic mass is 19.1. The molecule has 2 heterocycles. The van der Waals surface area contributed by atoms with Crippen LogP contribution in [0.4, 0.5) is 10.2 Å². The number of hydrogen-bond donors (Lipinski definition) is 2. The number of benzene rings is 2. The minimum absolute atomic E-state index is 0.138. The molecule has 0 aliphatic heterocycles. The summed E-state index contributed by atoms with van der Waals surface area (Å²) in [6.45, 7) is 0. The summed E-state index contributed by atoms with van der Waals surface area (Å²) in [6, 6.07) is 13.7. The topological polar surface area (TPSA) is 103 Å². The van der Waals surface area contributed by atoms with Crippen molar-refractivity contribution in [2.24, 2.45) is 11.7 Å². The third-order valence-electron chi connectivity index (χ3n) is 6.27. The lowest BCUT2D eigenvalue weighted by atomic mass is 10.0. The lowest BCUT2D eigenvalue weighted by Crippen LogP contribution is -2.34. The number of halogens is 1. The average Bonchev–Trinajstić information content (AvgIpc) is 3.32. The summed E-state index contributed by atoms with van der Waals surface area (Å²) < 4.78 is 19.6. The van der Waals surface area contributed by atoms with Crippen LogP contribution in [0.15, 0.2) is 60.9 Å². The third-order valence-corrected chi connectivity index (χ3v) is 6.27. The number of nitrogens with one attached hydrogen (secondary N) is 1. The van der Waals surface area contributed by atoms with Gasteiger partial charge in [-0.2, -0.15) is 0 Å². The number of anilines is 1. The fourth-order valence-electron chi connectivity index (χ4n) is 4.57. The molecule has 172 valence electrons. The number of hydrogen-bond acceptors (Lipinski definition) is 6. The summed E-state index contributed by atoms with van der Waals surface area (Å²) in [5.74, 6) is 0.657. The van der Waals surface area contributed by atoms with Crippen molar-refractivity contribution in [1.82, 2.24) is 15.0 Å². The van der Waals surface area contributed by atoms with Crippen LogP contribution in [-0.2, 0) is 4.79 Å². The number of ether oxygens (including phenoxy) is 1.